The van der Waals surface area contributed by atoms with Gasteiger partial charge in [-0.1, -0.05) is 54.6 Å². The molecule has 4 heteroatoms. The van der Waals surface area contributed by atoms with Crippen molar-refractivity contribution >= 4 is 5.91 Å². The normalized spacial score (nSPS) is 16.2. The molecule has 1 atom stereocenters. The number of fused-ring (bicyclic) bond motifs is 1. The standard InChI is InChI=1S/C22H20N2O2/c1-15-21(19(11-12-23-15)16-7-3-2-4-8-16)22(26)24-13-17-9-5-6-10-18(17)20(25)14-24/h2-12,20,25H,13-14H2,1H3/t20-/m0/s1. The summed E-state index contributed by atoms with van der Waals surface area (Å²) in [7, 11) is 0. The first-order valence-corrected chi connectivity index (χ1v) is 8.71. The minimum atomic E-state index is -0.666. The van der Waals surface area contributed by atoms with E-state index in [9.17, 15) is 9.90 Å². The molecule has 26 heavy (non-hydrogen) atoms. The average Bonchev–Trinajstić information content (AvgIpc) is 2.68. The Kier molecular flexibility index (Phi) is 4.27. The summed E-state index contributed by atoms with van der Waals surface area (Å²) in [6.45, 7) is 2.64. The van der Waals surface area contributed by atoms with Crippen molar-refractivity contribution in [2.45, 2.75) is 19.6 Å². The smallest absolute Gasteiger partial charge is 0.256 e. The van der Waals surface area contributed by atoms with Gasteiger partial charge < -0.3 is 10.0 Å². The van der Waals surface area contributed by atoms with Crippen LogP contribution in [0.15, 0.2) is 66.9 Å². The fourth-order valence-electron chi connectivity index (χ4n) is 3.59. The predicted molar refractivity (Wildman–Crippen MR) is 101 cm³/mol. The molecule has 1 aliphatic heterocycles. The number of hydrogen-bond donors (Lipinski definition) is 1. The van der Waals surface area contributed by atoms with Gasteiger partial charge >= 0.3 is 0 Å². The van der Waals surface area contributed by atoms with Crippen LogP contribution in [-0.4, -0.2) is 27.4 Å². The molecule has 0 saturated heterocycles. The highest BCUT2D eigenvalue weighted by atomic mass is 16.3. The Bertz CT molecular complexity index is 953. The van der Waals surface area contributed by atoms with Crippen molar-refractivity contribution in [1.29, 1.82) is 0 Å². The molecule has 0 aliphatic carbocycles. The van der Waals surface area contributed by atoms with Gasteiger partial charge in [-0.3, -0.25) is 9.78 Å². The maximum Gasteiger partial charge on any atom is 0.256 e. The first-order chi connectivity index (χ1) is 12.6. The molecule has 4 rings (SSSR count). The van der Waals surface area contributed by atoms with E-state index in [0.29, 0.717) is 24.3 Å². The minimum absolute atomic E-state index is 0.0944. The second-order valence-corrected chi connectivity index (χ2v) is 6.59. The van der Waals surface area contributed by atoms with E-state index in [4.69, 9.17) is 0 Å². The van der Waals surface area contributed by atoms with Gasteiger partial charge in [-0.25, -0.2) is 0 Å². The molecule has 0 radical (unpaired) electrons. The summed E-state index contributed by atoms with van der Waals surface area (Å²) in [6, 6.07) is 19.5. The molecule has 1 N–H and O–H groups in total. The zero-order valence-corrected chi connectivity index (χ0v) is 14.6. The van der Waals surface area contributed by atoms with Crippen LogP contribution in [0.25, 0.3) is 11.1 Å². The van der Waals surface area contributed by atoms with Crippen LogP contribution < -0.4 is 0 Å². The third-order valence-electron chi connectivity index (χ3n) is 4.90. The highest BCUT2D eigenvalue weighted by Gasteiger charge is 2.29. The number of β-amino-alcohol motifs (C(OH)–C–C–N with tert-alkyl or cyclic N) is 1. The number of hydrogen-bond acceptors (Lipinski definition) is 3. The van der Waals surface area contributed by atoms with Crippen molar-refractivity contribution in [3.63, 3.8) is 0 Å². The molecule has 0 fully saturated rings. The summed E-state index contributed by atoms with van der Waals surface area (Å²) in [5, 5.41) is 10.5. The van der Waals surface area contributed by atoms with Crippen LogP contribution in [0.3, 0.4) is 0 Å². The summed E-state index contributed by atoms with van der Waals surface area (Å²) < 4.78 is 0. The van der Waals surface area contributed by atoms with Crippen molar-refractivity contribution in [2.24, 2.45) is 0 Å². The van der Waals surface area contributed by atoms with Crippen LogP contribution in [0.4, 0.5) is 0 Å². The molecular weight excluding hydrogens is 324 g/mol. The monoisotopic (exact) mass is 344 g/mol. The molecule has 2 heterocycles. The predicted octanol–water partition coefficient (Wildman–Crippen LogP) is 3.75. The lowest BCUT2D eigenvalue weighted by Crippen LogP contribution is -2.38. The highest BCUT2D eigenvalue weighted by molar-refractivity contribution is 6.01. The maximum absolute atomic E-state index is 13.3. The number of carbonyl (C=O) groups excluding carboxylic acids is 1. The zero-order chi connectivity index (χ0) is 18.1. The molecule has 0 bridgehead atoms. The van der Waals surface area contributed by atoms with Gasteiger partial charge in [0.05, 0.1) is 23.9 Å². The van der Waals surface area contributed by atoms with Gasteiger partial charge in [0.2, 0.25) is 0 Å². The molecule has 130 valence electrons. The van der Waals surface area contributed by atoms with E-state index < -0.39 is 6.10 Å². The Hall–Kier alpha value is -2.98. The molecule has 0 saturated carbocycles. The summed E-state index contributed by atoms with van der Waals surface area (Å²) in [5.41, 5.74) is 5.05. The number of aryl methyl sites for hydroxylation is 1. The van der Waals surface area contributed by atoms with Gasteiger partial charge in [0.15, 0.2) is 0 Å². The number of carbonyl (C=O) groups is 1. The van der Waals surface area contributed by atoms with Crippen LogP contribution >= 0.6 is 0 Å². The Morgan fingerprint density at radius 1 is 1.08 bits per heavy atom. The fraction of sp³-hybridized carbons (Fsp3) is 0.182. The van der Waals surface area contributed by atoms with Gasteiger partial charge in [-0.2, -0.15) is 0 Å². The number of amides is 1. The van der Waals surface area contributed by atoms with Gasteiger partial charge in [-0.05, 0) is 35.2 Å². The Balaban J connectivity index is 1.74. The zero-order valence-electron chi connectivity index (χ0n) is 14.6. The summed E-state index contributed by atoms with van der Waals surface area (Å²) in [4.78, 5) is 19.4. The SMILES string of the molecule is Cc1nccc(-c2ccccc2)c1C(=O)N1Cc2ccccc2[C@@H](O)C1. The Labute approximate surface area is 152 Å². The van der Waals surface area contributed by atoms with E-state index in [1.165, 1.54) is 0 Å². The first kappa shape index (κ1) is 16.5. The summed E-state index contributed by atoms with van der Waals surface area (Å²) >= 11 is 0. The van der Waals surface area contributed by atoms with Crippen LogP contribution in [0.1, 0.15) is 33.3 Å². The first-order valence-electron chi connectivity index (χ1n) is 8.71. The number of nitrogens with zero attached hydrogens (tertiary/aromatic N) is 2. The van der Waals surface area contributed by atoms with Crippen molar-refractivity contribution in [3.8, 4) is 11.1 Å². The topological polar surface area (TPSA) is 53.4 Å². The van der Waals surface area contributed by atoms with Gasteiger partial charge in [0.25, 0.3) is 5.91 Å². The molecule has 1 aliphatic rings. The van der Waals surface area contributed by atoms with Gasteiger partial charge in [-0.15, -0.1) is 0 Å². The van der Waals surface area contributed by atoms with Gasteiger partial charge in [0.1, 0.15) is 0 Å². The van der Waals surface area contributed by atoms with Crippen molar-refractivity contribution in [1.82, 2.24) is 9.88 Å². The lowest BCUT2D eigenvalue weighted by Gasteiger charge is -2.33. The largest absolute Gasteiger partial charge is 0.387 e. The van der Waals surface area contributed by atoms with Crippen LogP contribution in [-0.2, 0) is 6.54 Å². The third-order valence-corrected chi connectivity index (χ3v) is 4.90. The number of aliphatic hydroxyl groups is 1. The summed E-state index contributed by atoms with van der Waals surface area (Å²) in [5.74, 6) is -0.0944. The lowest BCUT2D eigenvalue weighted by molar-refractivity contribution is 0.0549. The molecular formula is C22H20N2O2. The molecule has 3 aromatic rings. The van der Waals surface area contributed by atoms with E-state index in [1.54, 1.807) is 11.1 Å². The maximum atomic E-state index is 13.3. The Morgan fingerprint density at radius 3 is 2.62 bits per heavy atom. The van der Waals surface area contributed by atoms with Crippen molar-refractivity contribution in [3.05, 3.63) is 89.2 Å². The number of aliphatic hydroxyl groups excluding tert-OH is 1. The van der Waals surface area contributed by atoms with E-state index in [-0.39, 0.29) is 5.91 Å². The summed E-state index contributed by atoms with van der Waals surface area (Å²) in [6.07, 6.45) is 1.07. The van der Waals surface area contributed by atoms with E-state index in [2.05, 4.69) is 4.98 Å². The average molecular weight is 344 g/mol. The molecule has 0 spiro atoms. The van der Waals surface area contributed by atoms with Crippen LogP contribution in [0.5, 0.6) is 0 Å². The molecule has 2 aromatic carbocycles. The molecule has 1 aromatic heterocycles. The van der Waals surface area contributed by atoms with Gasteiger partial charge in [0, 0.05) is 12.7 Å². The molecule has 4 nitrogen and oxygen atoms in total. The van der Waals surface area contributed by atoms with E-state index >= 15 is 0 Å². The highest BCUT2D eigenvalue weighted by Crippen LogP contribution is 2.31. The van der Waals surface area contributed by atoms with Crippen LogP contribution in [0.2, 0.25) is 0 Å². The number of benzene rings is 2. The minimum Gasteiger partial charge on any atom is -0.387 e. The van der Waals surface area contributed by atoms with E-state index in [1.807, 2.05) is 67.6 Å². The van der Waals surface area contributed by atoms with E-state index in [0.717, 1.165) is 22.3 Å². The Morgan fingerprint density at radius 2 is 1.81 bits per heavy atom. The fourth-order valence-corrected chi connectivity index (χ4v) is 3.59. The van der Waals surface area contributed by atoms with Crippen LogP contribution in [0, 0.1) is 6.92 Å². The quantitative estimate of drug-likeness (QED) is 0.770. The number of pyridine rings is 1. The molecule has 0 unspecified atom stereocenters. The number of aromatic nitrogens is 1. The van der Waals surface area contributed by atoms with Crippen molar-refractivity contribution in [2.75, 3.05) is 6.54 Å². The second kappa shape index (κ2) is 6.73. The third kappa shape index (κ3) is 2.89. The van der Waals surface area contributed by atoms with Crippen molar-refractivity contribution < 1.29 is 9.90 Å². The second-order valence-electron chi connectivity index (χ2n) is 6.59. The number of rotatable bonds is 2. The molecule has 1 amide bonds. The lowest BCUT2D eigenvalue weighted by atomic mass is 9.94.